The number of hydrogen-bond donors (Lipinski definition) is 2. The number of nitrogens with zero attached hydrogens (tertiary/aromatic N) is 3. The van der Waals surface area contributed by atoms with Crippen molar-refractivity contribution in [3.63, 3.8) is 0 Å². The third-order valence-electron chi connectivity index (χ3n) is 4.51. The van der Waals surface area contributed by atoms with Crippen molar-refractivity contribution in [2.45, 2.75) is 52.7 Å². The van der Waals surface area contributed by atoms with Gasteiger partial charge in [0, 0.05) is 13.6 Å². The van der Waals surface area contributed by atoms with Crippen molar-refractivity contribution in [1.29, 1.82) is 0 Å². The van der Waals surface area contributed by atoms with E-state index in [0.29, 0.717) is 11.2 Å². The summed E-state index contributed by atoms with van der Waals surface area (Å²) in [6.45, 7) is 11.2. The molecule has 0 aromatic carbocycles. The average Bonchev–Trinajstić information content (AvgIpc) is 3.27. The lowest BCUT2D eigenvalue weighted by molar-refractivity contribution is 0.0509. The van der Waals surface area contributed by atoms with Gasteiger partial charge >= 0.3 is 6.09 Å². The number of rotatable bonds is 5. The van der Waals surface area contributed by atoms with Gasteiger partial charge in [0.25, 0.3) is 5.91 Å². The van der Waals surface area contributed by atoms with E-state index in [-0.39, 0.29) is 12.5 Å². The number of aryl methyl sites for hydroxylation is 2. The number of alkyl carbamates (subject to hydrolysis) is 1. The van der Waals surface area contributed by atoms with E-state index in [0.717, 1.165) is 21.7 Å². The first kappa shape index (κ1) is 22.7. The van der Waals surface area contributed by atoms with Gasteiger partial charge < -0.3 is 15.4 Å². The van der Waals surface area contributed by atoms with Gasteiger partial charge in [-0.15, -0.1) is 11.3 Å². The number of amides is 2. The molecule has 3 aromatic rings. The Kier molecular flexibility index (Phi) is 6.09. The molecule has 3 aromatic heterocycles. The number of aromatic nitrogens is 3. The summed E-state index contributed by atoms with van der Waals surface area (Å²) >= 11 is 1.56. The van der Waals surface area contributed by atoms with Crippen LogP contribution in [0.2, 0.25) is 0 Å². The lowest BCUT2D eigenvalue weighted by atomic mass is 10.0. The highest BCUT2D eigenvalue weighted by molar-refractivity contribution is 7.13. The summed E-state index contributed by atoms with van der Waals surface area (Å²) in [5.74, 6) is -0.253. The molecule has 0 atom stereocenters. The number of thiophene rings is 1. The fourth-order valence-electron chi connectivity index (χ4n) is 3.20. The highest BCUT2D eigenvalue weighted by atomic mass is 32.1. The number of pyridine rings is 1. The van der Waals surface area contributed by atoms with E-state index >= 15 is 0 Å². The predicted octanol–water partition coefficient (Wildman–Crippen LogP) is 4.04. The largest absolute Gasteiger partial charge is 0.444 e. The highest BCUT2D eigenvalue weighted by Crippen LogP contribution is 2.29. The summed E-state index contributed by atoms with van der Waals surface area (Å²) in [6, 6.07) is 5.72. The zero-order chi connectivity index (χ0) is 23.0. The molecular formula is C22H29N5O3S. The van der Waals surface area contributed by atoms with E-state index in [1.165, 1.54) is 0 Å². The Balaban J connectivity index is 1.87. The van der Waals surface area contributed by atoms with Crippen LogP contribution in [0.25, 0.3) is 21.6 Å². The molecule has 3 rings (SSSR count). The number of carbonyl (C=O) groups is 2. The normalized spacial score (nSPS) is 12.1. The molecule has 2 N–H and O–H groups in total. The van der Waals surface area contributed by atoms with Gasteiger partial charge in [-0.05, 0) is 59.1 Å². The summed E-state index contributed by atoms with van der Waals surface area (Å²) in [4.78, 5) is 31.0. The second-order valence-electron chi connectivity index (χ2n) is 9.13. The first-order valence-electron chi connectivity index (χ1n) is 10.0. The monoisotopic (exact) mass is 443 g/mol. The maximum atomic E-state index is 13.3. The minimum atomic E-state index is -0.706. The van der Waals surface area contributed by atoms with Crippen molar-refractivity contribution in [2.75, 3.05) is 6.54 Å². The topological polar surface area (TPSA) is 98.1 Å². The molecule has 0 aliphatic heterocycles. The number of carbonyl (C=O) groups excluding carboxylic acids is 2. The van der Waals surface area contributed by atoms with E-state index < -0.39 is 17.2 Å². The zero-order valence-corrected chi connectivity index (χ0v) is 19.8. The maximum absolute atomic E-state index is 13.3. The molecule has 31 heavy (non-hydrogen) atoms. The van der Waals surface area contributed by atoms with Crippen LogP contribution in [0.1, 0.15) is 50.7 Å². The second kappa shape index (κ2) is 8.30. The predicted molar refractivity (Wildman–Crippen MR) is 122 cm³/mol. The van der Waals surface area contributed by atoms with Crippen molar-refractivity contribution in [2.24, 2.45) is 7.05 Å². The standard InChI is InChI=1S/C22H29N5O3S/c1-13-17-14(11-15(16-9-8-10-31-16)24-18(17)27(7)26-13)19(28)25-22(5,6)12-23-20(29)30-21(2,3)4/h8-11H,12H2,1-7H3,(H,23,29)(H,25,28). The highest BCUT2D eigenvalue weighted by Gasteiger charge is 2.26. The van der Waals surface area contributed by atoms with Crippen molar-refractivity contribution >= 4 is 34.4 Å². The van der Waals surface area contributed by atoms with E-state index in [9.17, 15) is 9.59 Å². The molecule has 3 heterocycles. The quantitative estimate of drug-likeness (QED) is 0.620. The van der Waals surface area contributed by atoms with Crippen molar-refractivity contribution in [3.05, 3.63) is 34.8 Å². The zero-order valence-electron chi connectivity index (χ0n) is 19.0. The van der Waals surface area contributed by atoms with Crippen LogP contribution in [0.15, 0.2) is 23.6 Å². The van der Waals surface area contributed by atoms with Crippen LogP contribution in [0.5, 0.6) is 0 Å². The van der Waals surface area contributed by atoms with Gasteiger partial charge in [-0.3, -0.25) is 9.48 Å². The lowest BCUT2D eigenvalue weighted by Gasteiger charge is -2.28. The molecule has 0 fully saturated rings. The van der Waals surface area contributed by atoms with Crippen LogP contribution in [0.4, 0.5) is 4.79 Å². The number of ether oxygens (including phenoxy) is 1. The van der Waals surface area contributed by atoms with Gasteiger partial charge in [0.1, 0.15) is 5.60 Å². The van der Waals surface area contributed by atoms with Crippen LogP contribution in [0, 0.1) is 6.92 Å². The van der Waals surface area contributed by atoms with Crippen LogP contribution in [-0.2, 0) is 11.8 Å². The fraction of sp³-hybridized carbons (Fsp3) is 0.455. The van der Waals surface area contributed by atoms with Gasteiger partial charge in [0.2, 0.25) is 0 Å². The van der Waals surface area contributed by atoms with Crippen LogP contribution >= 0.6 is 11.3 Å². The maximum Gasteiger partial charge on any atom is 0.407 e. The number of hydrogen-bond acceptors (Lipinski definition) is 6. The molecular weight excluding hydrogens is 414 g/mol. The molecule has 0 saturated carbocycles. The molecule has 0 bridgehead atoms. The SMILES string of the molecule is Cc1nn(C)c2nc(-c3cccs3)cc(C(=O)NC(C)(C)CNC(=O)OC(C)(C)C)c12. The molecule has 9 heteroatoms. The van der Waals surface area contributed by atoms with Gasteiger partial charge in [0.05, 0.1) is 32.8 Å². The summed E-state index contributed by atoms with van der Waals surface area (Å²) in [6.07, 6.45) is -0.524. The number of nitrogens with one attached hydrogen (secondary N) is 2. The number of fused-ring (bicyclic) bond motifs is 1. The molecule has 2 amide bonds. The first-order valence-corrected chi connectivity index (χ1v) is 10.9. The van der Waals surface area contributed by atoms with Crippen molar-refractivity contribution < 1.29 is 14.3 Å². The molecule has 0 radical (unpaired) electrons. The smallest absolute Gasteiger partial charge is 0.407 e. The Labute approximate surface area is 186 Å². The molecule has 0 unspecified atom stereocenters. The van der Waals surface area contributed by atoms with E-state index in [1.807, 2.05) is 45.3 Å². The Morgan fingerprint density at radius 3 is 2.55 bits per heavy atom. The van der Waals surface area contributed by atoms with Gasteiger partial charge in [0.15, 0.2) is 5.65 Å². The van der Waals surface area contributed by atoms with Crippen molar-refractivity contribution in [3.8, 4) is 10.6 Å². The minimum Gasteiger partial charge on any atom is -0.444 e. The Morgan fingerprint density at radius 1 is 1.23 bits per heavy atom. The van der Waals surface area contributed by atoms with Crippen molar-refractivity contribution in [1.82, 2.24) is 25.4 Å². The molecule has 0 spiro atoms. The Hall–Kier alpha value is -2.94. The molecule has 166 valence electrons. The van der Waals surface area contributed by atoms with Crippen LogP contribution in [-0.4, -0.2) is 44.4 Å². The summed E-state index contributed by atoms with van der Waals surface area (Å²) in [5.41, 5.74) is 1.32. The molecule has 0 saturated heterocycles. The summed E-state index contributed by atoms with van der Waals surface area (Å²) in [5, 5.41) is 12.9. The molecule has 0 aliphatic rings. The summed E-state index contributed by atoms with van der Waals surface area (Å²) in [7, 11) is 1.82. The van der Waals surface area contributed by atoms with Crippen LogP contribution < -0.4 is 10.6 Å². The second-order valence-corrected chi connectivity index (χ2v) is 10.1. The van der Waals surface area contributed by atoms with E-state index in [1.54, 1.807) is 42.9 Å². The molecule has 8 nitrogen and oxygen atoms in total. The van der Waals surface area contributed by atoms with E-state index in [2.05, 4.69) is 15.7 Å². The van der Waals surface area contributed by atoms with E-state index in [4.69, 9.17) is 9.72 Å². The third-order valence-corrected chi connectivity index (χ3v) is 5.40. The fourth-order valence-corrected chi connectivity index (χ4v) is 3.89. The van der Waals surface area contributed by atoms with Gasteiger partial charge in [-0.25, -0.2) is 9.78 Å². The first-order chi connectivity index (χ1) is 14.4. The average molecular weight is 444 g/mol. The summed E-state index contributed by atoms with van der Waals surface area (Å²) < 4.78 is 6.96. The molecule has 0 aliphatic carbocycles. The van der Waals surface area contributed by atoms with Gasteiger partial charge in [-0.2, -0.15) is 5.10 Å². The Bertz CT molecular complexity index is 1110. The third kappa shape index (κ3) is 5.41. The van der Waals surface area contributed by atoms with Gasteiger partial charge in [-0.1, -0.05) is 6.07 Å². The lowest BCUT2D eigenvalue weighted by Crippen LogP contribution is -2.52. The van der Waals surface area contributed by atoms with Crippen LogP contribution in [0.3, 0.4) is 0 Å². The Morgan fingerprint density at radius 2 is 1.94 bits per heavy atom. The minimum absolute atomic E-state index is 0.214.